The van der Waals surface area contributed by atoms with Crippen LogP contribution in [-0.2, 0) is 20.9 Å². The Morgan fingerprint density at radius 1 is 0.800 bits per heavy atom. The molecule has 2 heterocycles. The third kappa shape index (κ3) is 7.26. The Morgan fingerprint density at radius 3 is 2.09 bits per heavy atom. The molecule has 2 aromatic rings. The van der Waals surface area contributed by atoms with E-state index in [4.69, 9.17) is 0 Å². The lowest BCUT2D eigenvalue weighted by Crippen LogP contribution is -2.53. The lowest BCUT2D eigenvalue weighted by Gasteiger charge is -2.38. The Balaban J connectivity index is 1.15. The van der Waals surface area contributed by atoms with Crippen LogP contribution in [0.5, 0.6) is 0 Å². The maximum atomic E-state index is 13.0. The second-order valence-corrected chi connectivity index (χ2v) is 9.21. The highest BCUT2D eigenvalue weighted by atomic mass is 16.2. The second kappa shape index (κ2) is 12.3. The summed E-state index contributed by atoms with van der Waals surface area (Å²) in [6, 6.07) is 19.6. The van der Waals surface area contributed by atoms with E-state index in [2.05, 4.69) is 10.2 Å². The third-order valence-corrected chi connectivity index (χ3v) is 6.76. The van der Waals surface area contributed by atoms with Gasteiger partial charge in [0.2, 0.25) is 17.7 Å². The first kappa shape index (κ1) is 24.7. The SMILES string of the molecule is O=C(CN1CCN(C(=O)C2CCN(C(=O)/C=C/c3ccccc3)CC2)CC1)NCc1ccccc1. The number of nitrogens with zero attached hydrogens (tertiary/aromatic N) is 3. The van der Waals surface area contributed by atoms with Crippen LogP contribution in [0.1, 0.15) is 24.0 Å². The first-order valence-corrected chi connectivity index (χ1v) is 12.4. The van der Waals surface area contributed by atoms with E-state index in [9.17, 15) is 14.4 Å². The molecule has 0 saturated carbocycles. The Labute approximate surface area is 207 Å². The van der Waals surface area contributed by atoms with E-state index in [0.29, 0.717) is 65.2 Å². The zero-order valence-electron chi connectivity index (χ0n) is 20.1. The molecule has 2 aliphatic heterocycles. The van der Waals surface area contributed by atoms with Crippen molar-refractivity contribution in [2.75, 3.05) is 45.8 Å². The molecule has 4 rings (SSSR count). The first-order chi connectivity index (χ1) is 17.1. The molecule has 2 aromatic carbocycles. The zero-order chi connectivity index (χ0) is 24.5. The molecule has 0 aromatic heterocycles. The van der Waals surface area contributed by atoms with Gasteiger partial charge in [0.1, 0.15) is 0 Å². The number of nitrogens with one attached hydrogen (secondary N) is 1. The van der Waals surface area contributed by atoms with Gasteiger partial charge in [0.15, 0.2) is 0 Å². The van der Waals surface area contributed by atoms with Gasteiger partial charge in [-0.15, -0.1) is 0 Å². The topological polar surface area (TPSA) is 73.0 Å². The van der Waals surface area contributed by atoms with E-state index in [1.807, 2.05) is 76.5 Å². The molecule has 1 N–H and O–H groups in total. The summed E-state index contributed by atoms with van der Waals surface area (Å²) in [7, 11) is 0. The van der Waals surface area contributed by atoms with Gasteiger partial charge in [0.05, 0.1) is 6.54 Å². The fraction of sp³-hybridized carbons (Fsp3) is 0.393. The van der Waals surface area contributed by atoms with E-state index >= 15 is 0 Å². The number of carbonyl (C=O) groups is 3. The van der Waals surface area contributed by atoms with Gasteiger partial charge < -0.3 is 15.1 Å². The van der Waals surface area contributed by atoms with E-state index in [1.165, 1.54) is 0 Å². The summed E-state index contributed by atoms with van der Waals surface area (Å²) in [5.41, 5.74) is 2.08. The van der Waals surface area contributed by atoms with Crippen molar-refractivity contribution in [1.82, 2.24) is 20.0 Å². The molecule has 0 radical (unpaired) electrons. The predicted octanol–water partition coefficient (Wildman–Crippen LogP) is 2.40. The van der Waals surface area contributed by atoms with Crippen LogP contribution >= 0.6 is 0 Å². The molecule has 2 fully saturated rings. The molecule has 2 saturated heterocycles. The highest BCUT2D eigenvalue weighted by Gasteiger charge is 2.31. The predicted molar refractivity (Wildman–Crippen MR) is 136 cm³/mol. The van der Waals surface area contributed by atoms with Crippen molar-refractivity contribution in [3.05, 3.63) is 77.9 Å². The number of piperazine rings is 1. The smallest absolute Gasteiger partial charge is 0.246 e. The molecule has 0 aliphatic carbocycles. The van der Waals surface area contributed by atoms with Crippen LogP contribution in [0.15, 0.2) is 66.7 Å². The minimum absolute atomic E-state index is 0.00101. The minimum Gasteiger partial charge on any atom is -0.351 e. The molecule has 3 amide bonds. The maximum absolute atomic E-state index is 13.0. The molecule has 2 aliphatic rings. The van der Waals surface area contributed by atoms with Crippen LogP contribution < -0.4 is 5.32 Å². The molecule has 0 atom stereocenters. The van der Waals surface area contributed by atoms with Gasteiger partial charge in [0.25, 0.3) is 0 Å². The molecule has 7 nitrogen and oxygen atoms in total. The van der Waals surface area contributed by atoms with E-state index < -0.39 is 0 Å². The molecular formula is C28H34N4O3. The minimum atomic E-state index is -0.0297. The first-order valence-electron chi connectivity index (χ1n) is 12.4. The fourth-order valence-electron chi connectivity index (χ4n) is 4.62. The summed E-state index contributed by atoms with van der Waals surface area (Å²) in [6.45, 7) is 4.78. The van der Waals surface area contributed by atoms with Crippen molar-refractivity contribution in [3.63, 3.8) is 0 Å². The highest BCUT2D eigenvalue weighted by Crippen LogP contribution is 2.21. The number of likely N-dealkylation sites (tertiary alicyclic amines) is 1. The van der Waals surface area contributed by atoms with Gasteiger partial charge in [-0.25, -0.2) is 0 Å². The molecule has 0 spiro atoms. The Bertz CT molecular complexity index is 1010. The standard InChI is InChI=1S/C28H34N4O3/c33-26(29-21-24-9-5-2-6-10-24)22-30-17-19-32(20-18-30)28(35)25-13-15-31(16-14-25)27(34)12-11-23-7-3-1-4-8-23/h1-12,25H,13-22H2,(H,29,33)/b12-11+. The number of piperidine rings is 1. The summed E-state index contributed by atoms with van der Waals surface area (Å²) < 4.78 is 0. The van der Waals surface area contributed by atoms with Crippen molar-refractivity contribution in [1.29, 1.82) is 0 Å². The Morgan fingerprint density at radius 2 is 1.43 bits per heavy atom. The van der Waals surface area contributed by atoms with Gasteiger partial charge in [-0.2, -0.15) is 0 Å². The van der Waals surface area contributed by atoms with Gasteiger partial charge >= 0.3 is 0 Å². The molecule has 0 unspecified atom stereocenters. The Hall–Kier alpha value is -3.45. The fourth-order valence-corrected chi connectivity index (χ4v) is 4.62. The summed E-state index contributed by atoms with van der Waals surface area (Å²) in [6.07, 6.45) is 4.85. The highest BCUT2D eigenvalue weighted by molar-refractivity contribution is 5.92. The number of amides is 3. The zero-order valence-corrected chi connectivity index (χ0v) is 20.1. The molecule has 7 heteroatoms. The number of carbonyl (C=O) groups excluding carboxylic acids is 3. The van der Waals surface area contributed by atoms with Crippen molar-refractivity contribution in [3.8, 4) is 0 Å². The molecule has 0 bridgehead atoms. The number of hydrogen-bond donors (Lipinski definition) is 1. The maximum Gasteiger partial charge on any atom is 0.246 e. The second-order valence-electron chi connectivity index (χ2n) is 9.21. The van der Waals surface area contributed by atoms with Crippen LogP contribution in [0, 0.1) is 5.92 Å². The monoisotopic (exact) mass is 474 g/mol. The molecule has 35 heavy (non-hydrogen) atoms. The van der Waals surface area contributed by atoms with Crippen molar-refractivity contribution < 1.29 is 14.4 Å². The largest absolute Gasteiger partial charge is 0.351 e. The van der Waals surface area contributed by atoms with Crippen LogP contribution in [-0.4, -0.2) is 78.2 Å². The van der Waals surface area contributed by atoms with E-state index in [0.717, 1.165) is 11.1 Å². The van der Waals surface area contributed by atoms with Crippen molar-refractivity contribution in [2.45, 2.75) is 19.4 Å². The number of benzene rings is 2. The number of hydrogen-bond acceptors (Lipinski definition) is 4. The van der Waals surface area contributed by atoms with E-state index in [-0.39, 0.29) is 23.6 Å². The van der Waals surface area contributed by atoms with Crippen LogP contribution in [0.2, 0.25) is 0 Å². The van der Waals surface area contributed by atoms with Gasteiger partial charge in [0, 0.05) is 57.8 Å². The average Bonchev–Trinajstić information content (AvgIpc) is 2.92. The average molecular weight is 475 g/mol. The number of rotatable bonds is 7. The molecular weight excluding hydrogens is 440 g/mol. The van der Waals surface area contributed by atoms with Crippen molar-refractivity contribution >= 4 is 23.8 Å². The lowest BCUT2D eigenvalue weighted by atomic mass is 9.95. The Kier molecular flexibility index (Phi) is 8.68. The summed E-state index contributed by atoms with van der Waals surface area (Å²) in [5, 5.41) is 2.97. The summed E-state index contributed by atoms with van der Waals surface area (Å²) in [5.74, 6) is 0.161. The van der Waals surface area contributed by atoms with Crippen molar-refractivity contribution in [2.24, 2.45) is 5.92 Å². The van der Waals surface area contributed by atoms with Crippen LogP contribution in [0.4, 0.5) is 0 Å². The van der Waals surface area contributed by atoms with Gasteiger partial charge in [-0.05, 0) is 30.0 Å². The lowest BCUT2D eigenvalue weighted by molar-refractivity contribution is -0.141. The third-order valence-electron chi connectivity index (χ3n) is 6.76. The van der Waals surface area contributed by atoms with Crippen LogP contribution in [0.3, 0.4) is 0 Å². The molecule has 184 valence electrons. The van der Waals surface area contributed by atoms with E-state index in [1.54, 1.807) is 6.08 Å². The van der Waals surface area contributed by atoms with Gasteiger partial charge in [-0.3, -0.25) is 19.3 Å². The summed E-state index contributed by atoms with van der Waals surface area (Å²) >= 11 is 0. The summed E-state index contributed by atoms with van der Waals surface area (Å²) in [4.78, 5) is 43.7. The van der Waals surface area contributed by atoms with Gasteiger partial charge in [-0.1, -0.05) is 60.7 Å². The van der Waals surface area contributed by atoms with Crippen LogP contribution in [0.25, 0.3) is 6.08 Å². The normalized spacial score (nSPS) is 17.5. The quantitative estimate of drug-likeness (QED) is 0.626.